The Bertz CT molecular complexity index is 541. The van der Waals surface area contributed by atoms with Crippen molar-refractivity contribution in [3.8, 4) is 5.75 Å². The Kier molecular flexibility index (Phi) is 5.81. The first-order chi connectivity index (χ1) is 10.6. The number of aryl methyl sites for hydroxylation is 1. The van der Waals surface area contributed by atoms with E-state index >= 15 is 0 Å². The van der Waals surface area contributed by atoms with Crippen molar-refractivity contribution in [3.63, 3.8) is 0 Å². The van der Waals surface area contributed by atoms with Crippen LogP contribution in [0.2, 0.25) is 0 Å². The smallest absolute Gasteiger partial charge is 0.307 e. The van der Waals surface area contributed by atoms with Crippen LogP contribution in [0.25, 0.3) is 0 Å². The maximum atomic E-state index is 12.0. The van der Waals surface area contributed by atoms with E-state index in [9.17, 15) is 9.59 Å². The molecule has 0 heterocycles. The average Bonchev–Trinajstić information content (AvgIpc) is 2.54. The Balaban J connectivity index is 1.91. The topological polar surface area (TPSA) is 64.6 Å². The quantitative estimate of drug-likeness (QED) is 0.818. The third-order valence-electron chi connectivity index (χ3n) is 4.10. The summed E-state index contributed by atoms with van der Waals surface area (Å²) >= 11 is 0. The number of rotatable bonds is 6. The summed E-state index contributed by atoms with van der Waals surface area (Å²) in [4.78, 5) is 23.0. The minimum atomic E-state index is -0.310. The number of carbonyl (C=O) groups is 2. The van der Waals surface area contributed by atoms with Gasteiger partial charge in [0, 0.05) is 13.0 Å². The highest BCUT2D eigenvalue weighted by molar-refractivity contribution is 5.78. The van der Waals surface area contributed by atoms with E-state index in [2.05, 4.69) is 22.2 Å². The van der Waals surface area contributed by atoms with E-state index in [0.717, 1.165) is 25.0 Å². The summed E-state index contributed by atoms with van der Waals surface area (Å²) in [6.07, 6.45) is 3.80. The first-order valence-corrected chi connectivity index (χ1v) is 7.64. The molecule has 1 amide bonds. The van der Waals surface area contributed by atoms with Gasteiger partial charge in [0.2, 0.25) is 5.91 Å². The minimum Gasteiger partial charge on any atom is -0.497 e. The number of fused-ring (bicyclic) bond motifs is 1. The number of esters is 1. The lowest BCUT2D eigenvalue weighted by Crippen LogP contribution is -2.28. The normalized spacial score (nSPS) is 16.5. The number of hydrogen-bond donors (Lipinski definition) is 1. The SMILES string of the molecule is COC(=O)CCNC(=O)CC1CCCc2cc(OC)ccc21. The molecule has 0 spiro atoms. The molecule has 1 N–H and O–H groups in total. The van der Waals surface area contributed by atoms with Crippen LogP contribution in [0.3, 0.4) is 0 Å². The zero-order chi connectivity index (χ0) is 15.9. The lowest BCUT2D eigenvalue weighted by Gasteiger charge is -2.25. The van der Waals surface area contributed by atoms with Gasteiger partial charge in [0.05, 0.1) is 20.6 Å². The number of amides is 1. The van der Waals surface area contributed by atoms with Crippen LogP contribution in [-0.4, -0.2) is 32.6 Å². The second-order valence-corrected chi connectivity index (χ2v) is 5.53. The molecule has 0 radical (unpaired) electrons. The van der Waals surface area contributed by atoms with E-state index in [1.54, 1.807) is 7.11 Å². The fraction of sp³-hybridized carbons (Fsp3) is 0.529. The van der Waals surface area contributed by atoms with Crippen molar-refractivity contribution in [2.75, 3.05) is 20.8 Å². The third-order valence-corrected chi connectivity index (χ3v) is 4.10. The lowest BCUT2D eigenvalue weighted by molar-refractivity contribution is -0.140. The summed E-state index contributed by atoms with van der Waals surface area (Å²) < 4.78 is 9.81. The van der Waals surface area contributed by atoms with Gasteiger partial charge in [-0.3, -0.25) is 9.59 Å². The van der Waals surface area contributed by atoms with Crippen LogP contribution in [0.1, 0.15) is 42.7 Å². The number of ether oxygens (including phenoxy) is 2. The summed E-state index contributed by atoms with van der Waals surface area (Å²) in [5, 5.41) is 2.78. The fourth-order valence-corrected chi connectivity index (χ4v) is 2.93. The van der Waals surface area contributed by atoms with Gasteiger partial charge in [0.1, 0.15) is 5.75 Å². The Morgan fingerprint density at radius 3 is 2.86 bits per heavy atom. The van der Waals surface area contributed by atoms with Crippen LogP contribution in [-0.2, 0) is 20.7 Å². The van der Waals surface area contributed by atoms with E-state index in [1.807, 2.05) is 6.07 Å². The van der Waals surface area contributed by atoms with E-state index < -0.39 is 0 Å². The van der Waals surface area contributed by atoms with Crippen LogP contribution in [0.4, 0.5) is 0 Å². The monoisotopic (exact) mass is 305 g/mol. The predicted molar refractivity (Wildman–Crippen MR) is 82.9 cm³/mol. The number of methoxy groups -OCH3 is 2. The maximum Gasteiger partial charge on any atom is 0.307 e. The molecular weight excluding hydrogens is 282 g/mol. The Morgan fingerprint density at radius 2 is 2.14 bits per heavy atom. The van der Waals surface area contributed by atoms with Gasteiger partial charge in [0.25, 0.3) is 0 Å². The largest absolute Gasteiger partial charge is 0.497 e. The fourth-order valence-electron chi connectivity index (χ4n) is 2.93. The molecule has 1 aromatic rings. The molecule has 0 saturated carbocycles. The molecule has 1 aliphatic rings. The van der Waals surface area contributed by atoms with Crippen molar-refractivity contribution in [2.45, 2.75) is 38.0 Å². The summed E-state index contributed by atoms with van der Waals surface area (Å²) in [6, 6.07) is 6.09. The van der Waals surface area contributed by atoms with Gasteiger partial charge < -0.3 is 14.8 Å². The van der Waals surface area contributed by atoms with Crippen LogP contribution in [0, 0.1) is 0 Å². The molecule has 0 aromatic heterocycles. The maximum absolute atomic E-state index is 12.0. The molecule has 1 aliphatic carbocycles. The van der Waals surface area contributed by atoms with Crippen molar-refractivity contribution in [1.82, 2.24) is 5.32 Å². The van der Waals surface area contributed by atoms with Gasteiger partial charge in [-0.05, 0) is 48.4 Å². The van der Waals surface area contributed by atoms with E-state index in [1.165, 1.54) is 18.2 Å². The second-order valence-electron chi connectivity index (χ2n) is 5.53. The van der Waals surface area contributed by atoms with Crippen molar-refractivity contribution in [2.24, 2.45) is 0 Å². The molecule has 5 nitrogen and oxygen atoms in total. The molecule has 0 fully saturated rings. The first-order valence-electron chi connectivity index (χ1n) is 7.64. The molecule has 0 saturated heterocycles. The third kappa shape index (κ3) is 4.23. The Hall–Kier alpha value is -2.04. The molecular formula is C17H23NO4. The zero-order valence-corrected chi connectivity index (χ0v) is 13.2. The van der Waals surface area contributed by atoms with Gasteiger partial charge in [-0.15, -0.1) is 0 Å². The molecule has 0 bridgehead atoms. The highest BCUT2D eigenvalue weighted by Gasteiger charge is 2.23. The summed E-state index contributed by atoms with van der Waals surface area (Å²) in [5.41, 5.74) is 2.52. The molecule has 1 atom stereocenters. The van der Waals surface area contributed by atoms with Crippen molar-refractivity contribution in [3.05, 3.63) is 29.3 Å². The van der Waals surface area contributed by atoms with Crippen LogP contribution >= 0.6 is 0 Å². The van der Waals surface area contributed by atoms with Crippen LogP contribution in [0.5, 0.6) is 5.75 Å². The van der Waals surface area contributed by atoms with Crippen LogP contribution in [0.15, 0.2) is 18.2 Å². The van der Waals surface area contributed by atoms with Gasteiger partial charge in [-0.25, -0.2) is 0 Å². The highest BCUT2D eigenvalue weighted by atomic mass is 16.5. The predicted octanol–water partition coefficient (Wildman–Crippen LogP) is 2.18. The molecule has 120 valence electrons. The zero-order valence-electron chi connectivity index (χ0n) is 13.2. The summed E-state index contributed by atoms with van der Waals surface area (Å²) in [6.45, 7) is 0.327. The van der Waals surface area contributed by atoms with E-state index in [0.29, 0.717) is 13.0 Å². The molecule has 1 unspecified atom stereocenters. The molecule has 1 aromatic carbocycles. The summed E-state index contributed by atoms with van der Waals surface area (Å²) in [7, 11) is 3.01. The standard InChI is InChI=1S/C17H23NO4/c1-21-14-6-7-15-12(10-14)4-3-5-13(15)11-16(19)18-9-8-17(20)22-2/h6-7,10,13H,3-5,8-9,11H2,1-2H3,(H,18,19). The Labute approximate surface area is 131 Å². The highest BCUT2D eigenvalue weighted by Crippen LogP contribution is 2.35. The van der Waals surface area contributed by atoms with Crippen molar-refractivity contribution < 1.29 is 19.1 Å². The molecule has 2 rings (SSSR count). The van der Waals surface area contributed by atoms with Gasteiger partial charge in [-0.2, -0.15) is 0 Å². The van der Waals surface area contributed by atoms with E-state index in [-0.39, 0.29) is 24.2 Å². The van der Waals surface area contributed by atoms with Crippen molar-refractivity contribution in [1.29, 1.82) is 0 Å². The van der Waals surface area contributed by atoms with E-state index in [4.69, 9.17) is 4.74 Å². The Morgan fingerprint density at radius 1 is 1.32 bits per heavy atom. The number of carbonyl (C=O) groups excluding carboxylic acids is 2. The van der Waals surface area contributed by atoms with Gasteiger partial charge in [-0.1, -0.05) is 6.07 Å². The lowest BCUT2D eigenvalue weighted by atomic mass is 9.81. The summed E-state index contributed by atoms with van der Waals surface area (Å²) in [5.74, 6) is 0.780. The molecule has 0 aliphatic heterocycles. The number of hydrogen-bond acceptors (Lipinski definition) is 4. The first kappa shape index (κ1) is 16.3. The number of nitrogens with one attached hydrogen (secondary N) is 1. The van der Waals surface area contributed by atoms with Gasteiger partial charge >= 0.3 is 5.97 Å². The van der Waals surface area contributed by atoms with Gasteiger partial charge in [0.15, 0.2) is 0 Å². The van der Waals surface area contributed by atoms with Crippen LogP contribution < -0.4 is 10.1 Å². The number of benzene rings is 1. The molecule has 22 heavy (non-hydrogen) atoms. The average molecular weight is 305 g/mol. The molecule has 5 heteroatoms. The minimum absolute atomic E-state index is 0.0161. The second kappa shape index (κ2) is 7.82. The van der Waals surface area contributed by atoms with Crippen molar-refractivity contribution >= 4 is 11.9 Å².